The van der Waals surface area contributed by atoms with Crippen LogP contribution in [0.15, 0.2) is 65.8 Å². The van der Waals surface area contributed by atoms with Gasteiger partial charge in [-0.3, -0.25) is 0 Å². The minimum Gasteiger partial charge on any atom is -0.411 e. The molecule has 0 aromatic heterocycles. The number of hydrogen-bond acceptors (Lipinski definition) is 3. The van der Waals surface area contributed by atoms with Crippen LogP contribution in [0.25, 0.3) is 0 Å². The van der Waals surface area contributed by atoms with Gasteiger partial charge in [-0.25, -0.2) is 0 Å². The second-order valence-corrected chi connectivity index (χ2v) is 6.58. The van der Waals surface area contributed by atoms with Crippen LogP contribution in [-0.2, 0) is 0 Å². The van der Waals surface area contributed by atoms with Gasteiger partial charge >= 0.3 is 0 Å². The van der Waals surface area contributed by atoms with Crippen molar-refractivity contribution in [2.45, 2.75) is 32.4 Å². The Kier molecular flexibility index (Phi) is 4.77. The molecular formula is C20H24N2O. The summed E-state index contributed by atoms with van der Waals surface area (Å²) in [5.41, 5.74) is 3.37. The van der Waals surface area contributed by atoms with E-state index in [1.807, 2.05) is 12.1 Å². The lowest BCUT2D eigenvalue weighted by Crippen LogP contribution is -2.44. The minimum atomic E-state index is 0.154. The summed E-state index contributed by atoms with van der Waals surface area (Å²) in [6.45, 7) is 4.38. The van der Waals surface area contributed by atoms with E-state index < -0.39 is 0 Å². The molecule has 3 atom stereocenters. The van der Waals surface area contributed by atoms with Crippen molar-refractivity contribution >= 4 is 5.71 Å². The molecule has 1 aliphatic heterocycles. The topological polar surface area (TPSA) is 44.6 Å². The fourth-order valence-corrected chi connectivity index (χ4v) is 3.66. The summed E-state index contributed by atoms with van der Waals surface area (Å²) in [6.07, 6.45) is 0.743. The average Bonchev–Trinajstić information content (AvgIpc) is 2.62. The van der Waals surface area contributed by atoms with Gasteiger partial charge < -0.3 is 10.5 Å². The van der Waals surface area contributed by atoms with Gasteiger partial charge in [-0.2, -0.15) is 0 Å². The SMILES string of the molecule is CC(C)[C@@H]1C(=NO)C[C@H](c2ccccc2)N[C@H]1c1ccccc1. The highest BCUT2D eigenvalue weighted by molar-refractivity contribution is 5.89. The molecule has 0 radical (unpaired) electrons. The quantitative estimate of drug-likeness (QED) is 0.644. The van der Waals surface area contributed by atoms with Gasteiger partial charge in [0.15, 0.2) is 0 Å². The van der Waals surface area contributed by atoms with Gasteiger partial charge in [0, 0.05) is 24.4 Å². The maximum absolute atomic E-state index is 9.60. The van der Waals surface area contributed by atoms with E-state index in [0.29, 0.717) is 5.92 Å². The molecule has 2 aromatic carbocycles. The Morgan fingerprint density at radius 2 is 1.52 bits per heavy atom. The van der Waals surface area contributed by atoms with E-state index >= 15 is 0 Å². The number of hydrogen-bond donors (Lipinski definition) is 2. The van der Waals surface area contributed by atoms with Crippen molar-refractivity contribution in [2.24, 2.45) is 17.0 Å². The van der Waals surface area contributed by atoms with Crippen LogP contribution in [0.3, 0.4) is 0 Å². The molecule has 2 aromatic rings. The van der Waals surface area contributed by atoms with Crippen molar-refractivity contribution in [1.82, 2.24) is 5.32 Å². The standard InChI is InChI=1S/C20H24N2O/c1-14(2)19-18(22-23)13-17(15-9-5-3-6-10-15)21-20(19)16-11-7-4-8-12-16/h3-12,14,17,19-21,23H,13H2,1-2H3/t17-,19-,20+/m1/s1. The molecule has 1 fully saturated rings. The first-order valence-corrected chi connectivity index (χ1v) is 8.27. The molecule has 2 N–H and O–H groups in total. The number of nitrogens with one attached hydrogen (secondary N) is 1. The van der Waals surface area contributed by atoms with Crippen molar-refractivity contribution in [1.29, 1.82) is 0 Å². The van der Waals surface area contributed by atoms with Gasteiger partial charge in [0.2, 0.25) is 0 Å². The fraction of sp³-hybridized carbons (Fsp3) is 0.350. The maximum atomic E-state index is 9.60. The predicted molar refractivity (Wildman–Crippen MR) is 93.7 cm³/mol. The summed E-state index contributed by atoms with van der Waals surface area (Å²) in [6, 6.07) is 21.2. The van der Waals surface area contributed by atoms with Gasteiger partial charge in [0.05, 0.1) is 5.71 Å². The molecule has 23 heavy (non-hydrogen) atoms. The monoisotopic (exact) mass is 308 g/mol. The highest BCUT2D eigenvalue weighted by atomic mass is 16.4. The highest BCUT2D eigenvalue weighted by Crippen LogP contribution is 2.39. The molecule has 0 amide bonds. The molecule has 3 rings (SSSR count). The number of oxime groups is 1. The van der Waals surface area contributed by atoms with E-state index in [9.17, 15) is 5.21 Å². The first-order valence-electron chi connectivity index (χ1n) is 8.27. The van der Waals surface area contributed by atoms with Gasteiger partial charge in [0.25, 0.3) is 0 Å². The van der Waals surface area contributed by atoms with E-state index in [0.717, 1.165) is 12.1 Å². The van der Waals surface area contributed by atoms with Crippen LogP contribution < -0.4 is 5.32 Å². The van der Waals surface area contributed by atoms with Crippen molar-refractivity contribution < 1.29 is 5.21 Å². The van der Waals surface area contributed by atoms with Crippen molar-refractivity contribution in [3.8, 4) is 0 Å². The molecule has 1 aliphatic rings. The highest BCUT2D eigenvalue weighted by Gasteiger charge is 2.38. The Morgan fingerprint density at radius 1 is 0.957 bits per heavy atom. The molecule has 0 bridgehead atoms. The lowest BCUT2D eigenvalue weighted by Gasteiger charge is -2.40. The minimum absolute atomic E-state index is 0.154. The normalized spacial score (nSPS) is 26.6. The molecule has 0 spiro atoms. The third-order valence-electron chi connectivity index (χ3n) is 4.75. The van der Waals surface area contributed by atoms with Crippen LogP contribution in [0, 0.1) is 11.8 Å². The smallest absolute Gasteiger partial charge is 0.0642 e. The van der Waals surface area contributed by atoms with Crippen molar-refractivity contribution in [3.63, 3.8) is 0 Å². The number of benzene rings is 2. The summed E-state index contributed by atoms with van der Waals surface area (Å²) in [4.78, 5) is 0. The Bertz CT molecular complexity index is 652. The zero-order valence-corrected chi connectivity index (χ0v) is 13.7. The summed E-state index contributed by atoms with van der Waals surface area (Å²) in [5, 5.41) is 17.1. The largest absolute Gasteiger partial charge is 0.411 e. The summed E-state index contributed by atoms with van der Waals surface area (Å²) in [7, 11) is 0. The van der Waals surface area contributed by atoms with E-state index in [4.69, 9.17) is 0 Å². The van der Waals surface area contributed by atoms with Gasteiger partial charge in [-0.15, -0.1) is 0 Å². The van der Waals surface area contributed by atoms with Crippen LogP contribution in [0.2, 0.25) is 0 Å². The number of rotatable bonds is 3. The van der Waals surface area contributed by atoms with E-state index in [-0.39, 0.29) is 18.0 Å². The molecule has 120 valence electrons. The van der Waals surface area contributed by atoms with Gasteiger partial charge in [-0.1, -0.05) is 79.7 Å². The Morgan fingerprint density at radius 3 is 2.04 bits per heavy atom. The van der Waals surface area contributed by atoms with Crippen LogP contribution in [0.5, 0.6) is 0 Å². The molecule has 0 aliphatic carbocycles. The summed E-state index contributed by atoms with van der Waals surface area (Å²) < 4.78 is 0. The predicted octanol–water partition coefficient (Wildman–Crippen LogP) is 4.56. The van der Waals surface area contributed by atoms with Gasteiger partial charge in [-0.05, 0) is 17.0 Å². The third-order valence-corrected chi connectivity index (χ3v) is 4.75. The molecule has 3 heteroatoms. The molecule has 1 saturated heterocycles. The maximum Gasteiger partial charge on any atom is 0.0642 e. The zero-order chi connectivity index (χ0) is 16.2. The number of piperidine rings is 1. The van der Waals surface area contributed by atoms with Crippen molar-refractivity contribution in [3.05, 3.63) is 71.8 Å². The van der Waals surface area contributed by atoms with Gasteiger partial charge in [0.1, 0.15) is 0 Å². The average molecular weight is 308 g/mol. The van der Waals surface area contributed by atoms with Crippen molar-refractivity contribution in [2.75, 3.05) is 0 Å². The first-order chi connectivity index (χ1) is 11.2. The molecular weight excluding hydrogens is 284 g/mol. The van der Waals surface area contributed by atoms with Crippen LogP contribution in [-0.4, -0.2) is 10.9 Å². The second-order valence-electron chi connectivity index (χ2n) is 6.58. The Labute approximate surface area is 138 Å². The third kappa shape index (κ3) is 3.30. The lowest BCUT2D eigenvalue weighted by atomic mass is 9.75. The Balaban J connectivity index is 1.98. The summed E-state index contributed by atoms with van der Waals surface area (Å²) >= 11 is 0. The van der Waals surface area contributed by atoms with Crippen LogP contribution in [0.4, 0.5) is 0 Å². The number of nitrogens with zero attached hydrogens (tertiary/aromatic N) is 1. The molecule has 0 unspecified atom stereocenters. The van der Waals surface area contributed by atoms with E-state index in [2.05, 4.69) is 72.9 Å². The van der Waals surface area contributed by atoms with Crippen LogP contribution in [0.1, 0.15) is 43.5 Å². The zero-order valence-electron chi connectivity index (χ0n) is 13.7. The fourth-order valence-electron chi connectivity index (χ4n) is 3.66. The van der Waals surface area contributed by atoms with E-state index in [1.165, 1.54) is 11.1 Å². The van der Waals surface area contributed by atoms with E-state index in [1.54, 1.807) is 0 Å². The molecule has 1 heterocycles. The lowest BCUT2D eigenvalue weighted by molar-refractivity contribution is 0.263. The second kappa shape index (κ2) is 6.97. The molecule has 0 saturated carbocycles. The first kappa shape index (κ1) is 15.8. The Hall–Kier alpha value is -2.13. The summed E-state index contributed by atoms with van der Waals surface area (Å²) in [5.74, 6) is 0.595. The molecule has 3 nitrogen and oxygen atoms in total. The van der Waals surface area contributed by atoms with Crippen LogP contribution >= 0.6 is 0 Å².